The minimum atomic E-state index is -3.51. The van der Waals surface area contributed by atoms with Gasteiger partial charge in [-0.2, -0.15) is 0 Å². The molecule has 0 amide bonds. The highest BCUT2D eigenvalue weighted by atomic mass is 19.1. The molecule has 1 saturated heterocycles. The molecular formula is C26H44FN3O10. The van der Waals surface area contributed by atoms with Crippen LogP contribution in [-0.4, -0.2) is 82.2 Å². The van der Waals surface area contributed by atoms with Crippen molar-refractivity contribution in [2.24, 2.45) is 0 Å². The molecule has 1 fully saturated rings. The Morgan fingerprint density at radius 2 is 1.55 bits per heavy atom. The number of alkyl halides is 1. The van der Waals surface area contributed by atoms with E-state index in [2.05, 4.69) is 6.92 Å². The van der Waals surface area contributed by atoms with E-state index in [1.165, 1.54) is 44.9 Å². The van der Waals surface area contributed by atoms with Crippen molar-refractivity contribution in [2.45, 2.75) is 127 Å². The zero-order valence-corrected chi connectivity index (χ0v) is 23.0. The molecule has 2 heterocycles. The van der Waals surface area contributed by atoms with Crippen molar-refractivity contribution in [2.75, 3.05) is 6.61 Å². The van der Waals surface area contributed by atoms with Crippen molar-refractivity contribution in [1.82, 2.24) is 14.6 Å². The molecule has 13 nitrogen and oxygen atoms in total. The lowest BCUT2D eigenvalue weighted by molar-refractivity contribution is -0.428. The third-order valence-electron chi connectivity index (χ3n) is 7.40. The number of aromatic nitrogens is 2. The first kappa shape index (κ1) is 34.0. The van der Waals surface area contributed by atoms with Crippen LogP contribution in [0.4, 0.5) is 4.39 Å². The van der Waals surface area contributed by atoms with Gasteiger partial charge in [0.15, 0.2) is 6.30 Å². The first-order valence-electron chi connectivity index (χ1n) is 14.1. The molecule has 1 aliphatic heterocycles. The Labute approximate surface area is 231 Å². The van der Waals surface area contributed by atoms with Gasteiger partial charge in [-0.15, -0.1) is 5.06 Å². The molecule has 1 aromatic heterocycles. The molecule has 230 valence electrons. The van der Waals surface area contributed by atoms with Gasteiger partial charge in [-0.25, -0.2) is 18.5 Å². The topological polar surface area (TPSA) is 206 Å². The van der Waals surface area contributed by atoms with Gasteiger partial charge in [0.05, 0.1) is 6.61 Å². The summed E-state index contributed by atoms with van der Waals surface area (Å²) < 4.78 is 20.1. The van der Waals surface area contributed by atoms with Crippen LogP contribution in [0, 0.1) is 0 Å². The summed E-state index contributed by atoms with van der Waals surface area (Å²) in [4.78, 5) is 37.2. The van der Waals surface area contributed by atoms with Crippen molar-refractivity contribution in [3.05, 3.63) is 32.6 Å². The van der Waals surface area contributed by atoms with Gasteiger partial charge in [0.1, 0.15) is 17.8 Å². The van der Waals surface area contributed by atoms with Crippen LogP contribution in [0.25, 0.3) is 0 Å². The summed E-state index contributed by atoms with van der Waals surface area (Å²) in [7, 11) is 0. The third-order valence-corrected chi connectivity index (χ3v) is 7.40. The van der Waals surface area contributed by atoms with Crippen LogP contribution >= 0.6 is 0 Å². The van der Waals surface area contributed by atoms with E-state index in [1.54, 1.807) is 4.98 Å². The number of hydrogen-bond donors (Lipinski definition) is 7. The molecular weight excluding hydrogens is 533 g/mol. The zero-order valence-electron chi connectivity index (χ0n) is 23.0. The number of nitrogens with one attached hydrogen (secondary N) is 1. The number of carbonyl (C=O) groups is 1. The maximum atomic E-state index is 15.1. The van der Waals surface area contributed by atoms with Crippen LogP contribution in [-0.2, 0) is 10.6 Å². The van der Waals surface area contributed by atoms with Gasteiger partial charge >= 0.3 is 17.6 Å². The Kier molecular flexibility index (Phi) is 13.4. The van der Waals surface area contributed by atoms with Crippen LogP contribution in [0.3, 0.4) is 0 Å². The summed E-state index contributed by atoms with van der Waals surface area (Å²) in [5.74, 6) is -5.33. The highest BCUT2D eigenvalue weighted by molar-refractivity contribution is 5.86. The Bertz CT molecular complexity index is 1050. The molecule has 40 heavy (non-hydrogen) atoms. The smallest absolute Gasteiger partial charge is 0.342 e. The highest BCUT2D eigenvalue weighted by Crippen LogP contribution is 2.44. The van der Waals surface area contributed by atoms with Gasteiger partial charge in [0, 0.05) is 6.20 Å². The molecule has 0 aliphatic carbocycles. The molecule has 1 aliphatic rings. The summed E-state index contributed by atoms with van der Waals surface area (Å²) in [5.41, 5.74) is -7.39. The monoisotopic (exact) mass is 577 g/mol. The number of carboxylic acids is 1. The van der Waals surface area contributed by atoms with Crippen LogP contribution in [0.5, 0.6) is 0 Å². The lowest BCUT2D eigenvalue weighted by atomic mass is 9.99. The number of ether oxygens (including phenoxy) is 1. The SMILES string of the molecule is CCCCCCCCCCCCCCCC(F)N(O)[C@@]1(O)[C@H](O)[C@@H](CO)O[C@]1(O)n1cc(C(=O)O)c(=O)[nH]c1=O. The van der Waals surface area contributed by atoms with Gasteiger partial charge in [-0.3, -0.25) is 9.78 Å². The number of aromatic carboxylic acids is 1. The number of aliphatic hydroxyl groups is 4. The van der Waals surface area contributed by atoms with E-state index in [-0.39, 0.29) is 17.4 Å². The third kappa shape index (κ3) is 7.75. The molecule has 0 bridgehead atoms. The predicted molar refractivity (Wildman–Crippen MR) is 140 cm³/mol. The van der Waals surface area contributed by atoms with Crippen LogP contribution < -0.4 is 11.2 Å². The number of aromatic amines is 1. The van der Waals surface area contributed by atoms with Crippen LogP contribution in [0.1, 0.15) is 107 Å². The number of carboxylic acid groups (broad SMARTS) is 1. The van der Waals surface area contributed by atoms with Gasteiger partial charge in [0.2, 0.25) is 5.72 Å². The Morgan fingerprint density at radius 1 is 1.05 bits per heavy atom. The Hall–Kier alpha value is -2.20. The molecule has 1 aromatic rings. The van der Waals surface area contributed by atoms with Gasteiger partial charge in [-0.1, -0.05) is 84.0 Å². The summed E-state index contributed by atoms with van der Waals surface area (Å²) in [6.45, 7) is 1.15. The predicted octanol–water partition coefficient (Wildman–Crippen LogP) is 1.75. The number of hydroxylamine groups is 2. The van der Waals surface area contributed by atoms with Crippen LogP contribution in [0.15, 0.2) is 15.8 Å². The number of unbranched alkanes of at least 4 members (excludes halogenated alkanes) is 12. The second-order valence-corrected chi connectivity index (χ2v) is 10.4. The number of nitrogens with zero attached hydrogens (tertiary/aromatic N) is 2. The van der Waals surface area contributed by atoms with Gasteiger partial charge in [-0.05, 0) is 12.8 Å². The fourth-order valence-corrected chi connectivity index (χ4v) is 4.98. The molecule has 0 radical (unpaired) electrons. The normalized spacial score (nSPS) is 25.5. The number of aliphatic hydroxyl groups excluding tert-OH is 2. The molecule has 0 spiro atoms. The van der Waals surface area contributed by atoms with Crippen molar-refractivity contribution in [1.29, 1.82) is 0 Å². The number of halogens is 1. The lowest BCUT2D eigenvalue weighted by Crippen LogP contribution is -2.70. The Morgan fingerprint density at radius 3 is 2.02 bits per heavy atom. The fourth-order valence-electron chi connectivity index (χ4n) is 4.98. The van der Waals surface area contributed by atoms with E-state index < -0.39 is 64.6 Å². The van der Waals surface area contributed by atoms with E-state index in [1.807, 2.05) is 0 Å². The largest absolute Gasteiger partial charge is 0.477 e. The number of rotatable bonds is 19. The molecule has 1 unspecified atom stereocenters. The quantitative estimate of drug-likeness (QED) is 0.0546. The minimum Gasteiger partial charge on any atom is -0.477 e. The average Bonchev–Trinajstić information content (AvgIpc) is 3.12. The van der Waals surface area contributed by atoms with Gasteiger partial charge in [0.25, 0.3) is 5.56 Å². The zero-order chi connectivity index (χ0) is 29.9. The van der Waals surface area contributed by atoms with E-state index >= 15 is 4.39 Å². The Balaban J connectivity index is 1.97. The molecule has 7 N–H and O–H groups in total. The average molecular weight is 578 g/mol. The van der Waals surface area contributed by atoms with Gasteiger partial charge < -0.3 is 35.5 Å². The first-order valence-corrected chi connectivity index (χ1v) is 14.1. The second-order valence-electron chi connectivity index (χ2n) is 10.4. The first-order chi connectivity index (χ1) is 18.9. The maximum Gasteiger partial charge on any atom is 0.342 e. The maximum absolute atomic E-state index is 15.1. The standard InChI is InChI=1S/C26H44FN3O10/c1-2-3-4-5-6-7-8-9-10-11-12-13-14-15-20(27)30(39)25(37)21(32)19(17-31)40-26(25,38)29-16-18(23(34)35)22(33)28-24(29)36/h16,19-21,31-32,37-39H,2-15,17H2,1H3,(H,34,35)(H,28,33,36)/t19-,20?,21-,25-,26+/m1/s1. The van der Waals surface area contributed by atoms with Crippen molar-refractivity contribution < 1.29 is 44.7 Å². The number of hydrogen-bond acceptors (Lipinski definition) is 10. The van der Waals surface area contributed by atoms with Crippen molar-refractivity contribution in [3.8, 4) is 0 Å². The summed E-state index contributed by atoms with van der Waals surface area (Å²) in [6, 6.07) is 0. The van der Waals surface area contributed by atoms with E-state index in [9.17, 15) is 45.1 Å². The molecule has 2 rings (SSSR count). The second kappa shape index (κ2) is 15.7. The summed E-state index contributed by atoms with van der Waals surface area (Å²) >= 11 is 0. The van der Waals surface area contributed by atoms with Crippen molar-refractivity contribution in [3.63, 3.8) is 0 Å². The van der Waals surface area contributed by atoms with E-state index in [4.69, 9.17) is 4.74 Å². The minimum absolute atomic E-state index is 0.00210. The van der Waals surface area contributed by atoms with Crippen molar-refractivity contribution >= 4 is 5.97 Å². The number of H-pyrrole nitrogens is 1. The molecule has 0 aromatic carbocycles. The molecule has 14 heteroatoms. The van der Waals surface area contributed by atoms with E-state index in [0.717, 1.165) is 25.7 Å². The fraction of sp³-hybridized carbons (Fsp3) is 0.808. The van der Waals surface area contributed by atoms with E-state index in [0.29, 0.717) is 12.6 Å². The van der Waals surface area contributed by atoms with Crippen LogP contribution in [0.2, 0.25) is 0 Å². The highest BCUT2D eigenvalue weighted by Gasteiger charge is 2.71. The lowest BCUT2D eigenvalue weighted by Gasteiger charge is -2.43. The summed E-state index contributed by atoms with van der Waals surface area (Å²) in [6.07, 6.45) is 7.06. The summed E-state index contributed by atoms with van der Waals surface area (Å²) in [5, 5.41) is 61.8. The molecule has 5 atom stereocenters. The molecule has 0 saturated carbocycles.